The molecule has 5 heteroatoms. The van der Waals surface area contributed by atoms with Crippen molar-refractivity contribution in [1.82, 2.24) is 0 Å². The number of unbranched alkanes of at least 4 members (excludes halogenated alkanes) is 1. The van der Waals surface area contributed by atoms with Gasteiger partial charge in [-0.15, -0.1) is 0 Å². The van der Waals surface area contributed by atoms with Gasteiger partial charge >= 0.3 is 0 Å². The van der Waals surface area contributed by atoms with Gasteiger partial charge in [-0.3, -0.25) is 0 Å². The Kier molecular flexibility index (Phi) is 6.93. The molecule has 4 atom stereocenters. The number of hydrogen-bond acceptors (Lipinski definition) is 3. The minimum Gasteiger partial charge on any atom is -0.391 e. The van der Waals surface area contributed by atoms with Crippen molar-refractivity contribution in [3.8, 4) is 0 Å². The Morgan fingerprint density at radius 2 is 1.96 bits per heavy atom. The van der Waals surface area contributed by atoms with E-state index in [-0.39, 0.29) is 18.4 Å². The zero-order valence-corrected chi connectivity index (χ0v) is 13.7. The van der Waals surface area contributed by atoms with E-state index < -0.39 is 23.8 Å². The minimum absolute atomic E-state index is 0.0926. The lowest BCUT2D eigenvalue weighted by molar-refractivity contribution is 0.0374. The van der Waals surface area contributed by atoms with Crippen LogP contribution < -0.4 is 5.73 Å². The summed E-state index contributed by atoms with van der Waals surface area (Å²) in [5.74, 6) is -1.14. The van der Waals surface area contributed by atoms with Crippen LogP contribution in [0.1, 0.15) is 44.6 Å². The number of aliphatic hydroxyl groups is 1. The molecule has 2 rings (SSSR count). The van der Waals surface area contributed by atoms with E-state index in [1.165, 1.54) is 12.1 Å². The molecule has 0 bridgehead atoms. The van der Waals surface area contributed by atoms with Gasteiger partial charge < -0.3 is 15.6 Å². The molecule has 1 saturated carbocycles. The molecule has 0 radical (unpaired) electrons. The van der Waals surface area contributed by atoms with Crippen molar-refractivity contribution in [3.05, 3.63) is 35.4 Å². The molecule has 130 valence electrons. The molecule has 3 N–H and O–H groups in total. The van der Waals surface area contributed by atoms with Gasteiger partial charge in [-0.25, -0.2) is 8.78 Å². The molecule has 0 saturated heterocycles. The molecule has 0 heterocycles. The molecule has 0 amide bonds. The van der Waals surface area contributed by atoms with Crippen molar-refractivity contribution in [1.29, 1.82) is 0 Å². The van der Waals surface area contributed by atoms with Crippen LogP contribution >= 0.6 is 0 Å². The number of aliphatic hydroxyl groups excluding tert-OH is 1. The second-order valence-electron chi connectivity index (χ2n) is 6.56. The van der Waals surface area contributed by atoms with Crippen LogP contribution in [0.2, 0.25) is 0 Å². The average Bonchev–Trinajstić information content (AvgIpc) is 2.94. The fourth-order valence-electron chi connectivity index (χ4n) is 3.30. The van der Waals surface area contributed by atoms with Crippen LogP contribution in [0.25, 0.3) is 0 Å². The summed E-state index contributed by atoms with van der Waals surface area (Å²) >= 11 is 0. The van der Waals surface area contributed by atoms with Crippen LogP contribution in [0.4, 0.5) is 8.78 Å². The van der Waals surface area contributed by atoms with Crippen molar-refractivity contribution < 1.29 is 18.6 Å². The Balaban J connectivity index is 1.84. The summed E-state index contributed by atoms with van der Waals surface area (Å²) in [6.07, 6.45) is 4.54. The fourth-order valence-corrected chi connectivity index (χ4v) is 3.30. The standard InChI is InChI=1S/C18H27F2NO2/c1-2-3-6-23-16-5-4-13(10-16)18(22)17(21)9-12-7-14(19)11-15(20)8-12/h7-8,11,13,16-18,22H,2-6,9-10,21H2,1H3/t13-,16+,17+,18-/m1/s1. The Hall–Kier alpha value is -1.04. The number of hydrogen-bond donors (Lipinski definition) is 2. The third-order valence-corrected chi connectivity index (χ3v) is 4.59. The van der Waals surface area contributed by atoms with E-state index in [0.717, 1.165) is 44.8 Å². The van der Waals surface area contributed by atoms with Gasteiger partial charge in [0.05, 0.1) is 12.2 Å². The highest BCUT2D eigenvalue weighted by molar-refractivity contribution is 5.19. The summed E-state index contributed by atoms with van der Waals surface area (Å²) < 4.78 is 32.2. The first-order chi connectivity index (χ1) is 11.0. The highest BCUT2D eigenvalue weighted by atomic mass is 19.1. The van der Waals surface area contributed by atoms with Crippen LogP contribution in [0.15, 0.2) is 18.2 Å². The zero-order chi connectivity index (χ0) is 16.8. The highest BCUT2D eigenvalue weighted by Gasteiger charge is 2.33. The van der Waals surface area contributed by atoms with Gasteiger partial charge in [0.2, 0.25) is 0 Å². The first-order valence-electron chi connectivity index (χ1n) is 8.49. The van der Waals surface area contributed by atoms with Gasteiger partial charge in [0, 0.05) is 18.7 Å². The summed E-state index contributed by atoms with van der Waals surface area (Å²) in [7, 11) is 0. The quantitative estimate of drug-likeness (QED) is 0.721. The molecule has 1 aliphatic carbocycles. The second kappa shape index (κ2) is 8.71. The molecule has 1 aromatic carbocycles. The van der Waals surface area contributed by atoms with E-state index in [1.54, 1.807) is 0 Å². The average molecular weight is 327 g/mol. The van der Waals surface area contributed by atoms with Crippen molar-refractivity contribution in [2.75, 3.05) is 6.61 Å². The molecule has 1 aliphatic rings. The molecule has 0 unspecified atom stereocenters. The number of rotatable bonds is 8. The van der Waals surface area contributed by atoms with Gasteiger partial charge in [-0.2, -0.15) is 0 Å². The second-order valence-corrected chi connectivity index (χ2v) is 6.56. The maximum atomic E-state index is 13.2. The Morgan fingerprint density at radius 1 is 1.26 bits per heavy atom. The number of ether oxygens (including phenoxy) is 1. The topological polar surface area (TPSA) is 55.5 Å². The smallest absolute Gasteiger partial charge is 0.126 e. The van der Waals surface area contributed by atoms with E-state index in [0.29, 0.717) is 5.56 Å². The number of nitrogens with two attached hydrogens (primary N) is 1. The predicted octanol–water partition coefficient (Wildman–Crippen LogP) is 3.18. The molecular weight excluding hydrogens is 300 g/mol. The number of halogens is 2. The molecule has 1 fully saturated rings. The minimum atomic E-state index is -0.680. The van der Waals surface area contributed by atoms with Crippen LogP contribution in [0, 0.1) is 17.6 Å². The monoisotopic (exact) mass is 327 g/mol. The molecular formula is C18H27F2NO2. The summed E-state index contributed by atoms with van der Waals surface area (Å²) in [4.78, 5) is 0. The Bertz CT molecular complexity index is 478. The normalized spacial score (nSPS) is 23.9. The predicted molar refractivity (Wildman–Crippen MR) is 86.0 cm³/mol. The third-order valence-electron chi connectivity index (χ3n) is 4.59. The van der Waals surface area contributed by atoms with Gasteiger partial charge in [0.25, 0.3) is 0 Å². The lowest BCUT2D eigenvalue weighted by Crippen LogP contribution is -2.41. The maximum absolute atomic E-state index is 13.2. The SMILES string of the molecule is CCCCO[C@H]1CC[C@@H]([C@@H](O)[C@@H](N)Cc2cc(F)cc(F)c2)C1. The summed E-state index contributed by atoms with van der Waals surface area (Å²) in [6, 6.07) is 2.83. The van der Waals surface area contributed by atoms with Gasteiger partial charge in [-0.1, -0.05) is 13.3 Å². The molecule has 0 spiro atoms. The molecule has 1 aromatic rings. The summed E-state index contributed by atoms with van der Waals surface area (Å²) in [6.45, 7) is 2.89. The fraction of sp³-hybridized carbons (Fsp3) is 0.667. The van der Waals surface area contributed by atoms with Crippen molar-refractivity contribution in [3.63, 3.8) is 0 Å². The van der Waals surface area contributed by atoms with Crippen LogP contribution in [0.3, 0.4) is 0 Å². The van der Waals surface area contributed by atoms with Crippen LogP contribution in [-0.2, 0) is 11.2 Å². The van der Waals surface area contributed by atoms with Crippen molar-refractivity contribution in [2.24, 2.45) is 11.7 Å². The lowest BCUT2D eigenvalue weighted by Gasteiger charge is -2.24. The molecule has 0 aliphatic heterocycles. The van der Waals surface area contributed by atoms with Crippen LogP contribution in [-0.4, -0.2) is 30.0 Å². The Labute approximate surface area is 136 Å². The zero-order valence-electron chi connectivity index (χ0n) is 13.7. The van der Waals surface area contributed by atoms with E-state index in [9.17, 15) is 13.9 Å². The molecule has 3 nitrogen and oxygen atoms in total. The van der Waals surface area contributed by atoms with E-state index >= 15 is 0 Å². The van der Waals surface area contributed by atoms with E-state index in [4.69, 9.17) is 10.5 Å². The van der Waals surface area contributed by atoms with Gasteiger partial charge in [0.1, 0.15) is 11.6 Å². The molecule has 0 aromatic heterocycles. The highest BCUT2D eigenvalue weighted by Crippen LogP contribution is 2.32. The summed E-state index contributed by atoms with van der Waals surface area (Å²) in [5, 5.41) is 10.4. The molecule has 23 heavy (non-hydrogen) atoms. The Morgan fingerprint density at radius 3 is 2.61 bits per heavy atom. The summed E-state index contributed by atoms with van der Waals surface area (Å²) in [5.41, 5.74) is 6.54. The van der Waals surface area contributed by atoms with E-state index in [2.05, 4.69) is 6.92 Å². The van der Waals surface area contributed by atoms with Crippen molar-refractivity contribution >= 4 is 0 Å². The number of benzene rings is 1. The lowest BCUT2D eigenvalue weighted by atomic mass is 9.91. The first kappa shape index (κ1) is 18.3. The van der Waals surface area contributed by atoms with E-state index in [1.807, 2.05) is 0 Å². The maximum Gasteiger partial charge on any atom is 0.126 e. The first-order valence-corrected chi connectivity index (χ1v) is 8.49. The third kappa shape index (κ3) is 5.52. The van der Waals surface area contributed by atoms with Gasteiger partial charge in [0.15, 0.2) is 0 Å². The van der Waals surface area contributed by atoms with Crippen molar-refractivity contribution in [2.45, 2.75) is 63.7 Å². The van der Waals surface area contributed by atoms with Crippen LogP contribution in [0.5, 0.6) is 0 Å². The van der Waals surface area contributed by atoms with Gasteiger partial charge in [-0.05, 0) is 55.7 Å². The largest absolute Gasteiger partial charge is 0.391 e.